The van der Waals surface area contributed by atoms with Gasteiger partial charge in [-0.15, -0.1) is 0 Å². The summed E-state index contributed by atoms with van der Waals surface area (Å²) >= 11 is 0. The Balaban J connectivity index is 1.47. The first-order chi connectivity index (χ1) is 24.3. The number of hydrogen-bond acceptors (Lipinski definition) is 8. The molecule has 1 saturated carbocycles. The summed E-state index contributed by atoms with van der Waals surface area (Å²) < 4.78 is 0. The number of carbonyl (C=O) groups excluding carboxylic acids is 5. The number of hydrogen-bond donors (Lipinski definition) is 8. The van der Waals surface area contributed by atoms with E-state index < -0.39 is 76.8 Å². The predicted octanol–water partition coefficient (Wildman–Crippen LogP) is 1.28. The Morgan fingerprint density at radius 2 is 1.53 bits per heavy atom. The van der Waals surface area contributed by atoms with Crippen LogP contribution in [-0.2, 0) is 41.6 Å². The SMILES string of the molecule is NC(=O)C[C@H](NC(=O)C1(NC(=O)[C@H](Cc2ccc(C(=O)O)c(O)c2)NC(=O)C(=O)O)CCCCC1)C(=O)NCCCc1cccc2ccccc12. The Morgan fingerprint density at radius 1 is 0.824 bits per heavy atom. The zero-order valence-corrected chi connectivity index (χ0v) is 27.8. The van der Waals surface area contributed by atoms with Crippen LogP contribution in [0.5, 0.6) is 5.75 Å². The molecular weight excluding hydrogens is 662 g/mol. The van der Waals surface area contributed by atoms with Gasteiger partial charge in [-0.05, 0) is 59.7 Å². The van der Waals surface area contributed by atoms with Crippen LogP contribution in [0.1, 0.15) is 66.4 Å². The maximum Gasteiger partial charge on any atom is 0.394 e. The van der Waals surface area contributed by atoms with E-state index in [9.17, 15) is 48.9 Å². The Morgan fingerprint density at radius 3 is 2.20 bits per heavy atom. The summed E-state index contributed by atoms with van der Waals surface area (Å²) in [5.74, 6) is -8.59. The molecule has 0 saturated heterocycles. The largest absolute Gasteiger partial charge is 0.507 e. The summed E-state index contributed by atoms with van der Waals surface area (Å²) in [5.41, 5.74) is 4.71. The third-order valence-corrected chi connectivity index (χ3v) is 8.88. The average Bonchev–Trinajstić information content (AvgIpc) is 3.09. The van der Waals surface area contributed by atoms with Crippen LogP contribution in [0.25, 0.3) is 10.8 Å². The van der Waals surface area contributed by atoms with Crippen molar-refractivity contribution < 1.29 is 48.9 Å². The van der Waals surface area contributed by atoms with Gasteiger partial charge in [-0.3, -0.25) is 24.0 Å². The number of carboxylic acids is 2. The third-order valence-electron chi connectivity index (χ3n) is 8.88. The number of rotatable bonds is 15. The van der Waals surface area contributed by atoms with Crippen LogP contribution < -0.4 is 27.0 Å². The monoisotopic (exact) mass is 703 g/mol. The lowest BCUT2D eigenvalue weighted by atomic mass is 9.80. The summed E-state index contributed by atoms with van der Waals surface area (Å²) in [5, 5.41) is 40.8. The number of aromatic carboxylic acids is 1. The second kappa shape index (κ2) is 17.1. The van der Waals surface area contributed by atoms with E-state index in [2.05, 4.69) is 21.3 Å². The molecule has 5 amide bonds. The van der Waals surface area contributed by atoms with E-state index in [0.717, 1.165) is 34.9 Å². The van der Waals surface area contributed by atoms with Gasteiger partial charge in [0.1, 0.15) is 28.9 Å². The highest BCUT2D eigenvalue weighted by atomic mass is 16.4. The van der Waals surface area contributed by atoms with Crippen molar-refractivity contribution in [3.05, 3.63) is 77.4 Å². The zero-order chi connectivity index (χ0) is 37.1. The van der Waals surface area contributed by atoms with Gasteiger partial charge in [-0.2, -0.15) is 0 Å². The quantitative estimate of drug-likeness (QED) is 0.0831. The smallest absolute Gasteiger partial charge is 0.394 e. The van der Waals surface area contributed by atoms with Crippen molar-refractivity contribution in [2.24, 2.45) is 5.73 Å². The van der Waals surface area contributed by atoms with E-state index in [1.807, 2.05) is 42.5 Å². The number of primary amides is 1. The minimum atomic E-state index is -1.88. The van der Waals surface area contributed by atoms with E-state index in [-0.39, 0.29) is 31.4 Å². The number of aryl methyl sites for hydroxylation is 1. The molecule has 1 aliphatic carbocycles. The lowest BCUT2D eigenvalue weighted by Crippen LogP contribution is -2.65. The van der Waals surface area contributed by atoms with Crippen LogP contribution in [0, 0.1) is 0 Å². The fourth-order valence-electron chi connectivity index (χ4n) is 6.27. The standard InChI is InChI=1S/C36H41N5O10/c37-29(43)20-27(30(44)38-17-7-11-23-10-6-9-22-8-2-3-12-24(22)23)40-35(51)36(15-4-1-5-16-36)41-31(45)26(39-32(46)34(49)50)18-21-13-14-25(33(47)48)28(42)19-21/h2-3,6,8-10,12-14,19,26-27,42H,1,4-5,7,11,15-18,20H2,(H2,37,43)(H,38,44)(H,39,46)(H,40,51)(H,41,45)(H,47,48)(H,49,50)/t26-,27-/m0/s1. The normalized spacial score (nSPS) is 14.7. The molecular formula is C36H41N5O10. The van der Waals surface area contributed by atoms with Gasteiger partial charge in [0, 0.05) is 13.0 Å². The number of phenols is 1. The number of carbonyl (C=O) groups is 7. The van der Waals surface area contributed by atoms with Gasteiger partial charge in [-0.25, -0.2) is 9.59 Å². The summed E-state index contributed by atoms with van der Waals surface area (Å²) in [4.78, 5) is 87.6. The highest BCUT2D eigenvalue weighted by molar-refractivity contribution is 6.32. The van der Waals surface area contributed by atoms with Crippen LogP contribution in [0.4, 0.5) is 0 Å². The van der Waals surface area contributed by atoms with Gasteiger partial charge in [0.15, 0.2) is 0 Å². The van der Waals surface area contributed by atoms with Crippen molar-refractivity contribution >= 4 is 52.2 Å². The van der Waals surface area contributed by atoms with Gasteiger partial charge in [0.05, 0.1) is 6.42 Å². The number of aromatic hydroxyl groups is 1. The van der Waals surface area contributed by atoms with Gasteiger partial charge in [0.25, 0.3) is 0 Å². The second-order valence-electron chi connectivity index (χ2n) is 12.6. The maximum atomic E-state index is 13.9. The molecule has 0 bridgehead atoms. The van der Waals surface area contributed by atoms with Gasteiger partial charge < -0.3 is 42.3 Å². The molecule has 0 spiro atoms. The molecule has 51 heavy (non-hydrogen) atoms. The minimum Gasteiger partial charge on any atom is -0.507 e. The average molecular weight is 704 g/mol. The molecule has 3 aromatic rings. The fourth-order valence-corrected chi connectivity index (χ4v) is 6.27. The van der Waals surface area contributed by atoms with Gasteiger partial charge in [0.2, 0.25) is 23.6 Å². The van der Waals surface area contributed by atoms with Crippen LogP contribution in [0.2, 0.25) is 0 Å². The minimum absolute atomic E-state index is 0.133. The Bertz CT molecular complexity index is 1820. The number of benzene rings is 3. The zero-order valence-electron chi connectivity index (χ0n) is 27.8. The number of amides is 5. The Labute approximate surface area is 293 Å². The van der Waals surface area contributed by atoms with E-state index >= 15 is 0 Å². The third kappa shape index (κ3) is 10.0. The van der Waals surface area contributed by atoms with Gasteiger partial charge in [-0.1, -0.05) is 67.8 Å². The predicted molar refractivity (Wildman–Crippen MR) is 183 cm³/mol. The molecule has 1 aliphatic rings. The highest BCUT2D eigenvalue weighted by Gasteiger charge is 2.44. The molecule has 0 aliphatic heterocycles. The highest BCUT2D eigenvalue weighted by Crippen LogP contribution is 2.29. The van der Waals surface area contributed by atoms with Crippen molar-refractivity contribution in [1.82, 2.24) is 21.3 Å². The lowest BCUT2D eigenvalue weighted by Gasteiger charge is -2.38. The topological polar surface area (TPSA) is 254 Å². The Hall–Kier alpha value is -5.99. The molecule has 0 radical (unpaired) electrons. The van der Waals surface area contributed by atoms with Crippen molar-refractivity contribution in [1.29, 1.82) is 0 Å². The molecule has 15 nitrogen and oxygen atoms in total. The van der Waals surface area contributed by atoms with E-state index in [1.165, 1.54) is 6.07 Å². The molecule has 1 fully saturated rings. The van der Waals surface area contributed by atoms with Crippen molar-refractivity contribution in [3.63, 3.8) is 0 Å². The number of nitrogens with two attached hydrogens (primary N) is 1. The molecule has 2 atom stereocenters. The lowest BCUT2D eigenvalue weighted by molar-refractivity contribution is -0.151. The molecule has 0 heterocycles. The van der Waals surface area contributed by atoms with Crippen molar-refractivity contribution in [2.45, 2.75) is 75.4 Å². The summed E-state index contributed by atoms with van der Waals surface area (Å²) in [6.07, 6.45) is 2.35. The molecule has 3 aromatic carbocycles. The molecule has 4 rings (SSSR count). The molecule has 270 valence electrons. The first-order valence-corrected chi connectivity index (χ1v) is 16.5. The van der Waals surface area contributed by atoms with E-state index in [1.54, 1.807) is 0 Å². The second-order valence-corrected chi connectivity index (χ2v) is 12.6. The van der Waals surface area contributed by atoms with Crippen LogP contribution in [-0.4, -0.2) is 81.0 Å². The molecule has 0 aromatic heterocycles. The number of aliphatic carboxylic acids is 1. The maximum absolute atomic E-state index is 13.9. The molecule has 0 unspecified atom stereocenters. The van der Waals surface area contributed by atoms with Crippen LogP contribution in [0.15, 0.2) is 60.7 Å². The first kappa shape index (κ1) is 37.8. The molecule has 15 heteroatoms. The summed E-state index contributed by atoms with van der Waals surface area (Å²) in [7, 11) is 0. The number of fused-ring (bicyclic) bond motifs is 1. The molecule has 9 N–H and O–H groups in total. The van der Waals surface area contributed by atoms with Crippen LogP contribution >= 0.6 is 0 Å². The van der Waals surface area contributed by atoms with E-state index in [4.69, 9.17) is 5.73 Å². The van der Waals surface area contributed by atoms with Crippen molar-refractivity contribution in [3.8, 4) is 5.75 Å². The van der Waals surface area contributed by atoms with Gasteiger partial charge >= 0.3 is 17.8 Å². The Kier molecular flexibility index (Phi) is 12.7. The summed E-state index contributed by atoms with van der Waals surface area (Å²) in [6.45, 7) is 0.239. The summed E-state index contributed by atoms with van der Waals surface area (Å²) in [6, 6.07) is 14.4. The first-order valence-electron chi connectivity index (χ1n) is 16.5. The van der Waals surface area contributed by atoms with E-state index in [0.29, 0.717) is 25.7 Å². The number of carboxylic acid groups (broad SMARTS) is 2. The number of nitrogens with one attached hydrogen (secondary N) is 4. The van der Waals surface area contributed by atoms with Crippen LogP contribution in [0.3, 0.4) is 0 Å². The van der Waals surface area contributed by atoms with Crippen molar-refractivity contribution in [2.75, 3.05) is 6.54 Å². The fraction of sp³-hybridized carbons (Fsp3) is 0.361.